The van der Waals surface area contributed by atoms with Crippen LogP contribution in [0, 0.1) is 6.92 Å². The third kappa shape index (κ3) is 6.02. The first-order valence-corrected chi connectivity index (χ1v) is 11.6. The molecule has 1 amide bonds. The van der Waals surface area contributed by atoms with Crippen molar-refractivity contribution in [2.45, 2.75) is 24.8 Å². The molecule has 7 heteroatoms. The molecule has 1 heterocycles. The number of aromatic nitrogens is 2. The highest BCUT2D eigenvalue weighted by molar-refractivity contribution is 7.99. The average Bonchev–Trinajstić information content (AvgIpc) is 3.31. The van der Waals surface area contributed by atoms with Gasteiger partial charge in [0.2, 0.25) is 5.91 Å². The van der Waals surface area contributed by atoms with Crippen molar-refractivity contribution in [1.82, 2.24) is 15.1 Å². The second kappa shape index (κ2) is 10.8. The fourth-order valence-electron chi connectivity index (χ4n) is 3.41. The summed E-state index contributed by atoms with van der Waals surface area (Å²) in [6.45, 7) is 2.19. The molecule has 0 aliphatic rings. The van der Waals surface area contributed by atoms with Gasteiger partial charge in [0, 0.05) is 7.05 Å². The predicted octanol–water partition coefficient (Wildman–Crippen LogP) is 5.30. The number of rotatable bonds is 9. The van der Waals surface area contributed by atoms with E-state index in [1.54, 1.807) is 4.90 Å². The standard InChI is InChI=1S/C26H25N3O3S/c1-19-13-15-22(16-14-19)31-17-23-27-28-26(32-23)33-18-24(30)29(2)25(20-9-5-3-6-10-20)21-11-7-4-8-12-21/h3-16,25H,17-18H2,1-2H3. The van der Waals surface area contributed by atoms with E-state index in [9.17, 15) is 4.79 Å². The normalized spacial score (nSPS) is 10.9. The third-order valence-corrected chi connectivity index (χ3v) is 5.97. The number of hydrogen-bond donors (Lipinski definition) is 0. The van der Waals surface area contributed by atoms with E-state index < -0.39 is 0 Å². The van der Waals surface area contributed by atoms with Gasteiger partial charge in [0.25, 0.3) is 11.1 Å². The molecule has 0 saturated carbocycles. The number of benzene rings is 3. The minimum atomic E-state index is -0.179. The number of thioether (sulfide) groups is 1. The molecule has 0 bridgehead atoms. The molecule has 0 spiro atoms. The Morgan fingerprint density at radius 1 is 0.939 bits per heavy atom. The van der Waals surface area contributed by atoms with Gasteiger partial charge >= 0.3 is 0 Å². The van der Waals surface area contributed by atoms with Crippen molar-refractivity contribution in [3.63, 3.8) is 0 Å². The largest absolute Gasteiger partial charge is 0.484 e. The Bertz CT molecular complexity index is 1120. The SMILES string of the molecule is Cc1ccc(OCc2nnc(SCC(=O)N(C)C(c3ccccc3)c3ccccc3)o2)cc1. The Hall–Kier alpha value is -3.58. The molecule has 6 nitrogen and oxygen atoms in total. The number of ether oxygens (including phenoxy) is 1. The second-order valence-electron chi connectivity index (χ2n) is 7.58. The summed E-state index contributed by atoms with van der Waals surface area (Å²) in [5, 5.41) is 8.39. The molecular formula is C26H25N3O3S. The lowest BCUT2D eigenvalue weighted by atomic mass is 9.97. The average molecular weight is 460 g/mol. The predicted molar refractivity (Wildman–Crippen MR) is 128 cm³/mol. The van der Waals surface area contributed by atoms with Crippen LogP contribution in [-0.2, 0) is 11.4 Å². The Labute approximate surface area is 197 Å². The number of carbonyl (C=O) groups excluding carboxylic acids is 1. The lowest BCUT2D eigenvalue weighted by Gasteiger charge is -2.29. The Morgan fingerprint density at radius 3 is 2.15 bits per heavy atom. The van der Waals surface area contributed by atoms with Gasteiger partial charge in [-0.05, 0) is 30.2 Å². The molecule has 0 aliphatic heterocycles. The molecule has 3 aromatic carbocycles. The molecule has 4 aromatic rings. The van der Waals surface area contributed by atoms with Crippen molar-refractivity contribution < 1.29 is 13.9 Å². The number of amides is 1. The van der Waals surface area contributed by atoms with Crippen LogP contribution in [0.2, 0.25) is 0 Å². The highest BCUT2D eigenvalue weighted by Gasteiger charge is 2.24. The fraction of sp³-hybridized carbons (Fsp3) is 0.192. The molecule has 0 fully saturated rings. The van der Waals surface area contributed by atoms with Crippen molar-refractivity contribution >= 4 is 17.7 Å². The fourth-order valence-corrected chi connectivity index (χ4v) is 4.12. The van der Waals surface area contributed by atoms with Crippen LogP contribution < -0.4 is 4.74 Å². The minimum Gasteiger partial charge on any atom is -0.484 e. The summed E-state index contributed by atoms with van der Waals surface area (Å²) >= 11 is 1.22. The highest BCUT2D eigenvalue weighted by atomic mass is 32.2. The maximum absolute atomic E-state index is 13.0. The summed E-state index contributed by atoms with van der Waals surface area (Å²) in [6.07, 6.45) is 0. The van der Waals surface area contributed by atoms with Crippen LogP contribution in [0.5, 0.6) is 5.75 Å². The van der Waals surface area contributed by atoms with Gasteiger partial charge in [-0.1, -0.05) is 90.1 Å². The first kappa shape index (κ1) is 22.6. The van der Waals surface area contributed by atoms with Crippen LogP contribution in [-0.4, -0.2) is 33.8 Å². The maximum Gasteiger partial charge on any atom is 0.277 e. The summed E-state index contributed by atoms with van der Waals surface area (Å²) in [5.74, 6) is 1.25. The number of carbonyl (C=O) groups is 1. The van der Waals surface area contributed by atoms with Gasteiger partial charge < -0.3 is 14.1 Å². The Morgan fingerprint density at radius 2 is 1.55 bits per heavy atom. The first-order chi connectivity index (χ1) is 16.1. The van der Waals surface area contributed by atoms with Gasteiger partial charge in [-0.3, -0.25) is 4.79 Å². The van der Waals surface area contributed by atoms with Crippen molar-refractivity contribution in [2.24, 2.45) is 0 Å². The van der Waals surface area contributed by atoms with E-state index in [1.165, 1.54) is 11.8 Å². The molecule has 0 unspecified atom stereocenters. The summed E-state index contributed by atoms with van der Waals surface area (Å²) in [5.41, 5.74) is 3.27. The van der Waals surface area contributed by atoms with Crippen molar-refractivity contribution in [1.29, 1.82) is 0 Å². The summed E-state index contributed by atoms with van der Waals surface area (Å²) < 4.78 is 11.3. The summed E-state index contributed by atoms with van der Waals surface area (Å²) in [6, 6.07) is 27.6. The Kier molecular flexibility index (Phi) is 7.42. The van der Waals surface area contributed by atoms with Crippen LogP contribution in [0.25, 0.3) is 0 Å². The molecule has 1 aromatic heterocycles. The zero-order valence-electron chi connectivity index (χ0n) is 18.5. The number of aryl methyl sites for hydroxylation is 1. The molecule has 0 N–H and O–H groups in total. The maximum atomic E-state index is 13.0. The van der Waals surface area contributed by atoms with E-state index >= 15 is 0 Å². The lowest BCUT2D eigenvalue weighted by molar-refractivity contribution is -0.128. The van der Waals surface area contributed by atoms with Crippen molar-refractivity contribution in [3.8, 4) is 5.75 Å². The molecule has 0 atom stereocenters. The van der Waals surface area contributed by atoms with Gasteiger partial charge in [-0.15, -0.1) is 10.2 Å². The zero-order chi connectivity index (χ0) is 23.0. The van der Waals surface area contributed by atoms with Crippen LogP contribution in [0.4, 0.5) is 0 Å². The van der Waals surface area contributed by atoms with Gasteiger partial charge in [-0.2, -0.15) is 0 Å². The molecule has 33 heavy (non-hydrogen) atoms. The van der Waals surface area contributed by atoms with Gasteiger partial charge in [0.05, 0.1) is 11.8 Å². The van der Waals surface area contributed by atoms with E-state index in [2.05, 4.69) is 10.2 Å². The van der Waals surface area contributed by atoms with Gasteiger partial charge in [0.1, 0.15) is 5.75 Å². The molecule has 168 valence electrons. The first-order valence-electron chi connectivity index (χ1n) is 10.6. The van der Waals surface area contributed by atoms with Crippen LogP contribution in [0.3, 0.4) is 0 Å². The number of nitrogens with zero attached hydrogens (tertiary/aromatic N) is 3. The van der Waals surface area contributed by atoms with Crippen LogP contribution >= 0.6 is 11.8 Å². The zero-order valence-corrected chi connectivity index (χ0v) is 19.4. The lowest BCUT2D eigenvalue weighted by Crippen LogP contribution is -2.33. The topological polar surface area (TPSA) is 68.5 Å². The molecule has 4 rings (SSSR count). The van der Waals surface area contributed by atoms with Crippen LogP contribution in [0.15, 0.2) is 94.6 Å². The smallest absolute Gasteiger partial charge is 0.277 e. The molecule has 0 aliphatic carbocycles. The van der Waals surface area contributed by atoms with Crippen molar-refractivity contribution in [2.75, 3.05) is 12.8 Å². The summed E-state index contributed by atoms with van der Waals surface area (Å²) in [7, 11) is 1.82. The third-order valence-electron chi connectivity index (χ3n) is 5.16. The molecular weight excluding hydrogens is 434 g/mol. The Balaban J connectivity index is 1.37. The molecule has 0 radical (unpaired) electrons. The molecule has 0 saturated heterocycles. The van der Waals surface area contributed by atoms with Crippen molar-refractivity contribution in [3.05, 3.63) is 108 Å². The minimum absolute atomic E-state index is 0.0339. The van der Waals surface area contributed by atoms with E-state index in [0.29, 0.717) is 11.1 Å². The highest BCUT2D eigenvalue weighted by Crippen LogP contribution is 2.28. The van der Waals surface area contributed by atoms with Gasteiger partial charge in [-0.25, -0.2) is 0 Å². The van der Waals surface area contributed by atoms with E-state index in [1.807, 2.05) is 98.9 Å². The number of hydrogen-bond acceptors (Lipinski definition) is 6. The van der Waals surface area contributed by atoms with E-state index in [0.717, 1.165) is 22.4 Å². The quantitative estimate of drug-likeness (QED) is 0.317. The second-order valence-corrected chi connectivity index (χ2v) is 8.51. The van der Waals surface area contributed by atoms with Gasteiger partial charge in [0.15, 0.2) is 6.61 Å². The summed E-state index contributed by atoms with van der Waals surface area (Å²) in [4.78, 5) is 14.8. The van der Waals surface area contributed by atoms with Crippen LogP contribution in [0.1, 0.15) is 28.6 Å². The monoisotopic (exact) mass is 459 g/mol. The van der Waals surface area contributed by atoms with E-state index in [4.69, 9.17) is 9.15 Å². The van der Waals surface area contributed by atoms with E-state index in [-0.39, 0.29) is 24.3 Å².